The van der Waals surface area contributed by atoms with Crippen LogP contribution in [0.5, 0.6) is 0 Å². The first-order valence-electron chi connectivity index (χ1n) is 7.57. The van der Waals surface area contributed by atoms with Crippen molar-refractivity contribution in [2.45, 2.75) is 25.2 Å². The van der Waals surface area contributed by atoms with Crippen molar-refractivity contribution in [1.82, 2.24) is 14.9 Å². The van der Waals surface area contributed by atoms with Gasteiger partial charge in [0.1, 0.15) is 5.65 Å². The molecule has 7 heteroatoms. The van der Waals surface area contributed by atoms with Gasteiger partial charge in [-0.05, 0) is 25.0 Å². The third kappa shape index (κ3) is 2.14. The first-order valence-corrected chi connectivity index (χ1v) is 7.57. The van der Waals surface area contributed by atoms with Crippen molar-refractivity contribution in [3.8, 4) is 0 Å². The van der Waals surface area contributed by atoms with Crippen LogP contribution in [0.25, 0.3) is 11.0 Å². The van der Waals surface area contributed by atoms with E-state index in [1.165, 1.54) is 12.3 Å². The molecule has 120 valence electrons. The predicted octanol–water partition coefficient (Wildman–Crippen LogP) is 2.18. The van der Waals surface area contributed by atoms with E-state index in [9.17, 15) is 18.4 Å². The Bertz CT molecular complexity index is 854. The SMILES string of the molecule is O=C(c1cc(=O)[nH]c2ncccc12)N1CCC2(CC1)CC2(F)F. The van der Waals surface area contributed by atoms with Crippen molar-refractivity contribution in [2.75, 3.05) is 13.1 Å². The number of aromatic nitrogens is 2. The van der Waals surface area contributed by atoms with Gasteiger partial charge in [0.15, 0.2) is 0 Å². The van der Waals surface area contributed by atoms with Crippen LogP contribution < -0.4 is 5.56 Å². The lowest BCUT2D eigenvalue weighted by molar-refractivity contribution is 0.0285. The molecule has 2 fully saturated rings. The van der Waals surface area contributed by atoms with Crippen LogP contribution in [-0.2, 0) is 0 Å². The first-order chi connectivity index (χ1) is 10.9. The summed E-state index contributed by atoms with van der Waals surface area (Å²) in [5.74, 6) is -2.88. The summed E-state index contributed by atoms with van der Waals surface area (Å²) in [6.45, 7) is 0.589. The van der Waals surface area contributed by atoms with E-state index in [1.807, 2.05) is 0 Å². The molecule has 1 aliphatic carbocycles. The molecule has 1 aliphatic heterocycles. The van der Waals surface area contributed by atoms with E-state index >= 15 is 0 Å². The highest BCUT2D eigenvalue weighted by Crippen LogP contribution is 2.65. The normalized spacial score (nSPS) is 21.6. The van der Waals surface area contributed by atoms with Crippen molar-refractivity contribution in [3.05, 3.63) is 40.3 Å². The van der Waals surface area contributed by atoms with E-state index in [4.69, 9.17) is 0 Å². The van der Waals surface area contributed by atoms with Gasteiger partial charge < -0.3 is 9.88 Å². The number of alkyl halides is 2. The lowest BCUT2D eigenvalue weighted by Gasteiger charge is -2.32. The number of likely N-dealkylation sites (tertiary alicyclic amines) is 1. The molecular formula is C16H15F2N3O2. The van der Waals surface area contributed by atoms with Crippen molar-refractivity contribution < 1.29 is 13.6 Å². The lowest BCUT2D eigenvalue weighted by atomic mass is 9.92. The molecule has 1 saturated carbocycles. The predicted molar refractivity (Wildman–Crippen MR) is 79.5 cm³/mol. The van der Waals surface area contributed by atoms with E-state index in [-0.39, 0.29) is 17.9 Å². The van der Waals surface area contributed by atoms with Gasteiger partial charge in [0.25, 0.3) is 11.8 Å². The number of carbonyl (C=O) groups excluding carboxylic acids is 1. The number of fused-ring (bicyclic) bond motifs is 1. The molecule has 3 heterocycles. The topological polar surface area (TPSA) is 66.1 Å². The molecule has 0 aromatic carbocycles. The maximum absolute atomic E-state index is 13.4. The third-order valence-corrected chi connectivity index (χ3v) is 5.06. The number of nitrogens with zero attached hydrogens (tertiary/aromatic N) is 2. The average Bonchev–Trinajstić information content (AvgIpc) is 3.06. The highest BCUT2D eigenvalue weighted by Gasteiger charge is 2.70. The zero-order valence-electron chi connectivity index (χ0n) is 12.3. The maximum Gasteiger partial charge on any atom is 0.254 e. The van der Waals surface area contributed by atoms with Crippen LogP contribution in [0.3, 0.4) is 0 Å². The highest BCUT2D eigenvalue weighted by molar-refractivity contribution is 6.05. The summed E-state index contributed by atoms with van der Waals surface area (Å²) in [5.41, 5.74) is -0.677. The number of amides is 1. The number of carbonyl (C=O) groups is 1. The van der Waals surface area contributed by atoms with Gasteiger partial charge in [0, 0.05) is 42.6 Å². The number of piperidine rings is 1. The molecule has 2 aromatic heterocycles. The summed E-state index contributed by atoms with van der Waals surface area (Å²) in [5, 5.41) is 0.564. The number of hydrogen-bond donors (Lipinski definition) is 1. The minimum atomic E-state index is -2.58. The Morgan fingerprint density at radius 1 is 1.30 bits per heavy atom. The van der Waals surface area contributed by atoms with Gasteiger partial charge in [-0.15, -0.1) is 0 Å². The van der Waals surface area contributed by atoms with Crippen LogP contribution in [0.4, 0.5) is 8.78 Å². The Kier molecular flexibility index (Phi) is 2.86. The Morgan fingerprint density at radius 2 is 2.00 bits per heavy atom. The fraction of sp³-hybridized carbons (Fsp3) is 0.438. The van der Waals surface area contributed by atoms with Gasteiger partial charge in [-0.25, -0.2) is 13.8 Å². The van der Waals surface area contributed by atoms with Crippen LogP contribution in [0.15, 0.2) is 29.2 Å². The van der Waals surface area contributed by atoms with Crippen LogP contribution in [-0.4, -0.2) is 39.8 Å². The Balaban J connectivity index is 1.62. The number of aromatic amines is 1. The lowest BCUT2D eigenvalue weighted by Crippen LogP contribution is -2.40. The summed E-state index contributed by atoms with van der Waals surface area (Å²) in [6.07, 6.45) is 2.09. The largest absolute Gasteiger partial charge is 0.339 e. The maximum atomic E-state index is 13.4. The molecule has 2 aromatic rings. The summed E-state index contributed by atoms with van der Waals surface area (Å²) in [7, 11) is 0. The molecule has 1 spiro atoms. The smallest absolute Gasteiger partial charge is 0.254 e. The number of nitrogens with one attached hydrogen (secondary N) is 1. The summed E-state index contributed by atoms with van der Waals surface area (Å²) in [4.78, 5) is 32.6. The van der Waals surface area contributed by atoms with E-state index in [2.05, 4.69) is 9.97 Å². The Morgan fingerprint density at radius 3 is 2.65 bits per heavy atom. The quantitative estimate of drug-likeness (QED) is 0.876. The first kappa shape index (κ1) is 14.3. The van der Waals surface area contributed by atoms with Crippen molar-refractivity contribution in [2.24, 2.45) is 5.41 Å². The van der Waals surface area contributed by atoms with E-state index in [0.29, 0.717) is 37.0 Å². The van der Waals surface area contributed by atoms with E-state index in [0.717, 1.165) is 0 Å². The van der Waals surface area contributed by atoms with Crippen LogP contribution in [0, 0.1) is 5.41 Å². The monoisotopic (exact) mass is 319 g/mol. The van der Waals surface area contributed by atoms with Gasteiger partial charge in [-0.2, -0.15) is 0 Å². The molecule has 0 unspecified atom stereocenters. The van der Waals surface area contributed by atoms with Crippen LogP contribution in [0.1, 0.15) is 29.6 Å². The molecule has 5 nitrogen and oxygen atoms in total. The Hall–Kier alpha value is -2.31. The van der Waals surface area contributed by atoms with Crippen LogP contribution in [0.2, 0.25) is 0 Å². The van der Waals surface area contributed by atoms with Gasteiger partial charge in [-0.3, -0.25) is 9.59 Å². The fourth-order valence-electron chi connectivity index (χ4n) is 3.49. The second-order valence-electron chi connectivity index (χ2n) is 6.40. The minimum absolute atomic E-state index is 0.0696. The molecule has 0 radical (unpaired) electrons. The number of hydrogen-bond acceptors (Lipinski definition) is 3. The second kappa shape index (κ2) is 4.59. The molecule has 1 saturated heterocycles. The standard InChI is InChI=1S/C16H15F2N3O2/c17-16(18)9-15(16)3-6-21(7-4-15)14(23)11-8-12(22)20-13-10(11)2-1-5-19-13/h1-2,5,8H,3-4,6-7,9H2,(H,19,20,22). The van der Waals surface area contributed by atoms with Gasteiger partial charge in [0.05, 0.1) is 5.56 Å². The molecular weight excluding hydrogens is 304 g/mol. The molecule has 4 rings (SSSR count). The summed E-state index contributed by atoms with van der Waals surface area (Å²) >= 11 is 0. The highest BCUT2D eigenvalue weighted by atomic mass is 19.3. The number of rotatable bonds is 1. The molecule has 0 bridgehead atoms. The van der Waals surface area contributed by atoms with Gasteiger partial charge in [-0.1, -0.05) is 0 Å². The summed E-state index contributed by atoms with van der Waals surface area (Å²) in [6, 6.07) is 4.65. The van der Waals surface area contributed by atoms with Crippen molar-refractivity contribution in [3.63, 3.8) is 0 Å². The second-order valence-corrected chi connectivity index (χ2v) is 6.40. The fourth-order valence-corrected chi connectivity index (χ4v) is 3.49. The van der Waals surface area contributed by atoms with E-state index in [1.54, 1.807) is 17.0 Å². The van der Waals surface area contributed by atoms with Crippen molar-refractivity contribution >= 4 is 16.9 Å². The van der Waals surface area contributed by atoms with Gasteiger partial charge in [0.2, 0.25) is 5.56 Å². The zero-order chi connectivity index (χ0) is 16.2. The molecule has 1 N–H and O–H groups in total. The summed E-state index contributed by atoms with van der Waals surface area (Å²) < 4.78 is 26.9. The number of pyridine rings is 2. The van der Waals surface area contributed by atoms with Crippen LogP contribution >= 0.6 is 0 Å². The zero-order valence-corrected chi connectivity index (χ0v) is 12.3. The number of H-pyrrole nitrogens is 1. The van der Waals surface area contributed by atoms with Gasteiger partial charge >= 0.3 is 0 Å². The number of halogens is 2. The molecule has 23 heavy (non-hydrogen) atoms. The van der Waals surface area contributed by atoms with E-state index < -0.39 is 16.9 Å². The minimum Gasteiger partial charge on any atom is -0.339 e. The average molecular weight is 319 g/mol. The molecule has 0 atom stereocenters. The Labute approximate surface area is 130 Å². The molecule has 1 amide bonds. The van der Waals surface area contributed by atoms with Crippen molar-refractivity contribution in [1.29, 1.82) is 0 Å². The molecule has 2 aliphatic rings. The third-order valence-electron chi connectivity index (χ3n) is 5.06.